The van der Waals surface area contributed by atoms with Gasteiger partial charge in [0, 0.05) is 19.7 Å². The Bertz CT molecular complexity index is 534. The molecule has 2 rings (SSSR count). The number of anilines is 1. The van der Waals surface area contributed by atoms with Crippen molar-refractivity contribution in [2.75, 3.05) is 18.7 Å². The maximum atomic E-state index is 5.20. The topological polar surface area (TPSA) is 47.0 Å². The van der Waals surface area contributed by atoms with Crippen LogP contribution in [-0.2, 0) is 17.9 Å². The molecule has 1 heterocycles. The van der Waals surface area contributed by atoms with Crippen molar-refractivity contribution in [2.24, 2.45) is 0 Å². The van der Waals surface area contributed by atoms with Crippen molar-refractivity contribution in [1.82, 2.24) is 9.97 Å². The predicted octanol–water partition coefficient (Wildman–Crippen LogP) is 2.96. The minimum absolute atomic E-state index is 0.623. The monoisotopic (exact) mass is 275 g/mol. The van der Waals surface area contributed by atoms with Crippen LogP contribution in [0.5, 0.6) is 0 Å². The molecular weight excluding hydrogens is 258 g/mol. The summed E-state index contributed by atoms with van der Waals surface area (Å²) in [6, 6.07) is 10.2. The summed E-state index contributed by atoms with van der Waals surface area (Å²) in [5.74, 6) is 0.839. The van der Waals surface area contributed by atoms with Crippen LogP contribution in [-0.4, -0.2) is 23.3 Å². The molecule has 2 aromatic rings. The minimum atomic E-state index is 0.623. The largest absolute Gasteiger partial charge is 0.380 e. The highest BCUT2D eigenvalue weighted by molar-refractivity contribution is 7.98. The molecule has 0 bridgehead atoms. The number of nitrogens with one attached hydrogen (secondary N) is 1. The van der Waals surface area contributed by atoms with Crippen LogP contribution in [0.15, 0.2) is 41.7 Å². The van der Waals surface area contributed by atoms with Gasteiger partial charge in [-0.3, -0.25) is 0 Å². The highest BCUT2D eigenvalue weighted by Gasteiger charge is 2.02. The van der Waals surface area contributed by atoms with Crippen LogP contribution in [0.4, 0.5) is 5.82 Å². The molecule has 0 saturated carbocycles. The lowest BCUT2D eigenvalue weighted by Crippen LogP contribution is -2.05. The van der Waals surface area contributed by atoms with Crippen LogP contribution < -0.4 is 5.32 Å². The Labute approximate surface area is 117 Å². The van der Waals surface area contributed by atoms with Gasteiger partial charge in [0.2, 0.25) is 0 Å². The van der Waals surface area contributed by atoms with Gasteiger partial charge in [0.25, 0.3) is 0 Å². The lowest BCUT2D eigenvalue weighted by Gasteiger charge is -2.10. The van der Waals surface area contributed by atoms with Gasteiger partial charge in [-0.2, -0.15) is 0 Å². The van der Waals surface area contributed by atoms with Crippen LogP contribution in [0, 0.1) is 0 Å². The van der Waals surface area contributed by atoms with E-state index in [4.69, 9.17) is 4.74 Å². The minimum Gasteiger partial charge on any atom is -0.380 e. The first-order valence-corrected chi connectivity index (χ1v) is 7.21. The van der Waals surface area contributed by atoms with Crippen LogP contribution in [0.3, 0.4) is 0 Å². The number of rotatable bonds is 6. The summed E-state index contributed by atoms with van der Waals surface area (Å²) in [4.78, 5) is 8.36. The number of aromatic nitrogens is 2. The van der Waals surface area contributed by atoms with E-state index in [1.54, 1.807) is 25.2 Å². The van der Waals surface area contributed by atoms with E-state index in [2.05, 4.69) is 27.4 Å². The standard InChI is InChI=1S/C14H17N3OS/c1-18-9-12-6-4-3-5-11(12)8-15-13-7-14(19-2)17-10-16-13/h3-7,10H,8-9H2,1-2H3,(H,15,16,17). The van der Waals surface area contributed by atoms with Crippen LogP contribution in [0.25, 0.3) is 0 Å². The molecule has 100 valence electrons. The fourth-order valence-corrected chi connectivity index (χ4v) is 2.14. The van der Waals surface area contributed by atoms with E-state index in [0.29, 0.717) is 6.61 Å². The molecule has 0 fully saturated rings. The molecule has 0 spiro atoms. The zero-order valence-corrected chi connectivity index (χ0v) is 11.9. The zero-order chi connectivity index (χ0) is 13.5. The molecule has 1 aromatic heterocycles. The van der Waals surface area contributed by atoms with E-state index in [1.165, 1.54) is 11.1 Å². The summed E-state index contributed by atoms with van der Waals surface area (Å²) in [5, 5.41) is 4.28. The summed E-state index contributed by atoms with van der Waals surface area (Å²) < 4.78 is 5.20. The van der Waals surface area contributed by atoms with Crippen molar-refractivity contribution in [3.63, 3.8) is 0 Å². The van der Waals surface area contributed by atoms with Crippen molar-refractivity contribution in [2.45, 2.75) is 18.2 Å². The average Bonchev–Trinajstić information content (AvgIpc) is 2.47. The molecule has 5 heteroatoms. The van der Waals surface area contributed by atoms with Crippen molar-refractivity contribution in [3.8, 4) is 0 Å². The molecular formula is C14H17N3OS. The van der Waals surface area contributed by atoms with Crippen LogP contribution in [0.1, 0.15) is 11.1 Å². The number of methoxy groups -OCH3 is 1. The van der Waals surface area contributed by atoms with Crippen molar-refractivity contribution in [3.05, 3.63) is 47.8 Å². The summed E-state index contributed by atoms with van der Waals surface area (Å²) in [7, 11) is 1.71. The Morgan fingerprint density at radius 1 is 1.21 bits per heavy atom. The average molecular weight is 275 g/mol. The molecule has 0 saturated heterocycles. The molecule has 0 radical (unpaired) electrons. The number of ether oxygens (including phenoxy) is 1. The zero-order valence-electron chi connectivity index (χ0n) is 11.1. The lowest BCUT2D eigenvalue weighted by atomic mass is 10.1. The summed E-state index contributed by atoms with van der Waals surface area (Å²) in [6.45, 7) is 1.35. The summed E-state index contributed by atoms with van der Waals surface area (Å²) in [5.41, 5.74) is 2.41. The maximum absolute atomic E-state index is 5.20. The first-order chi connectivity index (χ1) is 9.33. The van der Waals surface area contributed by atoms with Gasteiger partial charge in [-0.05, 0) is 17.4 Å². The Balaban J connectivity index is 2.05. The highest BCUT2D eigenvalue weighted by Crippen LogP contribution is 2.16. The van der Waals surface area contributed by atoms with Gasteiger partial charge in [-0.15, -0.1) is 11.8 Å². The van der Waals surface area contributed by atoms with E-state index in [-0.39, 0.29) is 0 Å². The van der Waals surface area contributed by atoms with E-state index in [0.717, 1.165) is 17.4 Å². The normalized spacial score (nSPS) is 10.4. The number of hydrogen-bond acceptors (Lipinski definition) is 5. The molecule has 0 atom stereocenters. The van der Waals surface area contributed by atoms with E-state index < -0.39 is 0 Å². The summed E-state index contributed by atoms with van der Waals surface area (Å²) >= 11 is 1.60. The van der Waals surface area contributed by atoms with Crippen molar-refractivity contribution < 1.29 is 4.74 Å². The molecule has 0 aliphatic rings. The predicted molar refractivity (Wildman–Crippen MR) is 78.3 cm³/mol. The van der Waals surface area contributed by atoms with Gasteiger partial charge in [0.15, 0.2) is 0 Å². The molecule has 0 aliphatic heterocycles. The van der Waals surface area contributed by atoms with E-state index in [9.17, 15) is 0 Å². The molecule has 1 aromatic carbocycles. The molecule has 4 nitrogen and oxygen atoms in total. The van der Waals surface area contributed by atoms with E-state index >= 15 is 0 Å². The van der Waals surface area contributed by atoms with Gasteiger partial charge in [-0.1, -0.05) is 24.3 Å². The fourth-order valence-electron chi connectivity index (χ4n) is 1.76. The van der Waals surface area contributed by atoms with Crippen molar-refractivity contribution in [1.29, 1.82) is 0 Å². The third-order valence-corrected chi connectivity index (χ3v) is 3.37. The molecule has 0 aliphatic carbocycles. The first-order valence-electron chi connectivity index (χ1n) is 5.99. The van der Waals surface area contributed by atoms with Crippen LogP contribution >= 0.6 is 11.8 Å². The Kier molecular flexibility index (Phi) is 5.18. The Morgan fingerprint density at radius 3 is 2.74 bits per heavy atom. The second-order valence-electron chi connectivity index (χ2n) is 4.00. The number of nitrogens with zero attached hydrogens (tertiary/aromatic N) is 2. The summed E-state index contributed by atoms with van der Waals surface area (Å²) in [6.07, 6.45) is 3.58. The number of thioether (sulfide) groups is 1. The second-order valence-corrected chi connectivity index (χ2v) is 4.83. The Morgan fingerprint density at radius 2 is 2.00 bits per heavy atom. The second kappa shape index (κ2) is 7.11. The van der Waals surface area contributed by atoms with Gasteiger partial charge in [0.05, 0.1) is 6.61 Å². The molecule has 0 amide bonds. The van der Waals surface area contributed by atoms with Gasteiger partial charge in [-0.25, -0.2) is 9.97 Å². The smallest absolute Gasteiger partial charge is 0.130 e. The third kappa shape index (κ3) is 3.94. The number of hydrogen-bond donors (Lipinski definition) is 1. The highest BCUT2D eigenvalue weighted by atomic mass is 32.2. The van der Waals surface area contributed by atoms with Gasteiger partial charge < -0.3 is 10.1 Å². The third-order valence-electron chi connectivity index (χ3n) is 2.73. The number of benzene rings is 1. The lowest BCUT2D eigenvalue weighted by molar-refractivity contribution is 0.184. The van der Waals surface area contributed by atoms with Gasteiger partial charge in [0.1, 0.15) is 17.2 Å². The van der Waals surface area contributed by atoms with Gasteiger partial charge >= 0.3 is 0 Å². The molecule has 1 N–H and O–H groups in total. The van der Waals surface area contributed by atoms with E-state index in [1.807, 2.05) is 24.5 Å². The SMILES string of the molecule is COCc1ccccc1CNc1cc(SC)ncn1. The van der Waals surface area contributed by atoms with Crippen LogP contribution in [0.2, 0.25) is 0 Å². The molecule has 19 heavy (non-hydrogen) atoms. The fraction of sp³-hybridized carbons (Fsp3) is 0.286. The quantitative estimate of drug-likeness (QED) is 0.649. The van der Waals surface area contributed by atoms with Crippen molar-refractivity contribution >= 4 is 17.6 Å². The molecule has 0 unspecified atom stereocenters. The Hall–Kier alpha value is -1.59. The maximum Gasteiger partial charge on any atom is 0.130 e. The first kappa shape index (κ1) is 13.8.